The third-order valence-corrected chi connectivity index (χ3v) is 3.85. The molecule has 1 unspecified atom stereocenters. The van der Waals surface area contributed by atoms with Crippen molar-refractivity contribution < 1.29 is 8.42 Å². The summed E-state index contributed by atoms with van der Waals surface area (Å²) in [6.07, 6.45) is 1.61. The molecule has 1 N–H and O–H groups in total. The van der Waals surface area contributed by atoms with Crippen LogP contribution in [0.2, 0.25) is 0 Å². The van der Waals surface area contributed by atoms with Gasteiger partial charge < -0.3 is 4.90 Å². The number of hydrogen-bond donors (Lipinski definition) is 1. The third kappa shape index (κ3) is 3.62. The monoisotopic (exact) mass is 206 g/mol. The highest BCUT2D eigenvalue weighted by Crippen LogP contribution is 2.07. The minimum atomic E-state index is -3.02. The second-order valence-electron chi connectivity index (χ2n) is 3.68. The van der Waals surface area contributed by atoms with Gasteiger partial charge in [0, 0.05) is 12.6 Å². The average Bonchev–Trinajstić information content (AvgIpc) is 2.34. The number of hydrogen-bond acceptors (Lipinski definition) is 3. The van der Waals surface area contributed by atoms with Crippen LogP contribution in [-0.2, 0) is 10.0 Å². The van der Waals surface area contributed by atoms with E-state index in [9.17, 15) is 8.42 Å². The second-order valence-corrected chi connectivity index (χ2v) is 5.56. The number of likely N-dealkylation sites (N-methyl/N-ethyl adjacent to an activating group) is 1. The van der Waals surface area contributed by atoms with E-state index in [4.69, 9.17) is 0 Å². The standard InChI is InChI=1S/C8H18N2O2S/c1-3-6-13(11,12)9-8-4-5-10(2)7-8/h8-9H,3-7H2,1-2H3. The lowest BCUT2D eigenvalue weighted by molar-refractivity contribution is 0.407. The molecule has 5 heteroatoms. The van der Waals surface area contributed by atoms with Gasteiger partial charge in [0.15, 0.2) is 0 Å². The molecule has 1 aliphatic heterocycles. The smallest absolute Gasteiger partial charge is 0.211 e. The van der Waals surface area contributed by atoms with Gasteiger partial charge in [0.2, 0.25) is 10.0 Å². The van der Waals surface area contributed by atoms with E-state index in [1.807, 2.05) is 14.0 Å². The molecule has 0 saturated carbocycles. The summed E-state index contributed by atoms with van der Waals surface area (Å²) in [5.74, 6) is 0.243. The first-order chi connectivity index (χ1) is 6.03. The van der Waals surface area contributed by atoms with Crippen molar-refractivity contribution in [1.29, 1.82) is 0 Å². The van der Waals surface area contributed by atoms with Crippen molar-refractivity contribution in [2.45, 2.75) is 25.8 Å². The van der Waals surface area contributed by atoms with Crippen molar-refractivity contribution in [3.8, 4) is 0 Å². The van der Waals surface area contributed by atoms with Gasteiger partial charge in [-0.2, -0.15) is 0 Å². The van der Waals surface area contributed by atoms with Gasteiger partial charge in [-0.25, -0.2) is 13.1 Å². The zero-order valence-electron chi connectivity index (χ0n) is 8.28. The van der Waals surface area contributed by atoms with Crippen LogP contribution in [0.1, 0.15) is 19.8 Å². The first-order valence-electron chi connectivity index (χ1n) is 4.72. The first kappa shape index (κ1) is 10.9. The van der Waals surface area contributed by atoms with Gasteiger partial charge >= 0.3 is 0 Å². The number of sulfonamides is 1. The molecule has 4 nitrogen and oxygen atoms in total. The van der Waals surface area contributed by atoms with Crippen LogP contribution >= 0.6 is 0 Å². The van der Waals surface area contributed by atoms with Gasteiger partial charge in [-0.3, -0.25) is 0 Å². The predicted molar refractivity (Wildman–Crippen MR) is 53.1 cm³/mol. The van der Waals surface area contributed by atoms with Crippen LogP contribution in [0.25, 0.3) is 0 Å². The molecular formula is C8H18N2O2S. The lowest BCUT2D eigenvalue weighted by Gasteiger charge is -2.12. The molecule has 13 heavy (non-hydrogen) atoms. The number of rotatable bonds is 4. The van der Waals surface area contributed by atoms with Crippen molar-refractivity contribution >= 4 is 10.0 Å². The molecule has 1 atom stereocenters. The van der Waals surface area contributed by atoms with Crippen LogP contribution in [0.3, 0.4) is 0 Å². The van der Waals surface area contributed by atoms with E-state index in [1.165, 1.54) is 0 Å². The Kier molecular flexibility index (Phi) is 3.70. The highest BCUT2D eigenvalue weighted by molar-refractivity contribution is 7.89. The molecule has 78 valence electrons. The molecule has 0 radical (unpaired) electrons. The molecule has 0 spiro atoms. The van der Waals surface area contributed by atoms with Crippen LogP contribution in [-0.4, -0.2) is 45.2 Å². The maximum absolute atomic E-state index is 11.4. The Balaban J connectivity index is 2.40. The molecule has 1 fully saturated rings. The summed E-state index contributed by atoms with van der Waals surface area (Å²) in [5.41, 5.74) is 0. The number of likely N-dealkylation sites (tertiary alicyclic amines) is 1. The number of nitrogens with one attached hydrogen (secondary N) is 1. The molecular weight excluding hydrogens is 188 g/mol. The van der Waals surface area contributed by atoms with Crippen LogP contribution in [0.15, 0.2) is 0 Å². The minimum Gasteiger partial charge on any atom is -0.305 e. The van der Waals surface area contributed by atoms with Gasteiger partial charge in [0.05, 0.1) is 5.75 Å². The molecule has 0 bridgehead atoms. The molecule has 1 saturated heterocycles. The molecule has 1 heterocycles. The fraction of sp³-hybridized carbons (Fsp3) is 1.00. The summed E-state index contributed by atoms with van der Waals surface area (Å²) < 4.78 is 25.4. The molecule has 0 aliphatic carbocycles. The van der Waals surface area contributed by atoms with E-state index in [1.54, 1.807) is 0 Å². The minimum absolute atomic E-state index is 0.126. The fourth-order valence-electron chi connectivity index (χ4n) is 1.61. The van der Waals surface area contributed by atoms with Crippen molar-refractivity contribution in [1.82, 2.24) is 9.62 Å². The lowest BCUT2D eigenvalue weighted by Crippen LogP contribution is -2.37. The largest absolute Gasteiger partial charge is 0.305 e. The van der Waals surface area contributed by atoms with Crippen molar-refractivity contribution in [2.24, 2.45) is 0 Å². The molecule has 1 aliphatic rings. The Morgan fingerprint density at radius 2 is 2.23 bits per heavy atom. The average molecular weight is 206 g/mol. The van der Waals surface area contributed by atoms with Gasteiger partial charge in [0.25, 0.3) is 0 Å². The zero-order chi connectivity index (χ0) is 9.90. The van der Waals surface area contributed by atoms with E-state index in [2.05, 4.69) is 9.62 Å². The van der Waals surface area contributed by atoms with Crippen LogP contribution in [0.5, 0.6) is 0 Å². The van der Waals surface area contributed by atoms with Crippen LogP contribution in [0.4, 0.5) is 0 Å². The summed E-state index contributed by atoms with van der Waals surface area (Å²) in [5, 5.41) is 0. The summed E-state index contributed by atoms with van der Waals surface area (Å²) in [7, 11) is -1.01. The van der Waals surface area contributed by atoms with Crippen molar-refractivity contribution in [3.63, 3.8) is 0 Å². The van der Waals surface area contributed by atoms with Gasteiger partial charge in [-0.15, -0.1) is 0 Å². The van der Waals surface area contributed by atoms with E-state index >= 15 is 0 Å². The Hall–Kier alpha value is -0.130. The van der Waals surface area contributed by atoms with E-state index < -0.39 is 10.0 Å². The van der Waals surface area contributed by atoms with Gasteiger partial charge in [0.1, 0.15) is 0 Å². The highest BCUT2D eigenvalue weighted by Gasteiger charge is 2.23. The van der Waals surface area contributed by atoms with Crippen molar-refractivity contribution in [2.75, 3.05) is 25.9 Å². The van der Waals surface area contributed by atoms with E-state index in [-0.39, 0.29) is 11.8 Å². The molecule has 0 aromatic heterocycles. The lowest BCUT2D eigenvalue weighted by atomic mass is 10.3. The van der Waals surface area contributed by atoms with E-state index in [0.717, 1.165) is 19.5 Å². The zero-order valence-corrected chi connectivity index (χ0v) is 9.10. The third-order valence-electron chi connectivity index (χ3n) is 2.21. The highest BCUT2D eigenvalue weighted by atomic mass is 32.2. The Morgan fingerprint density at radius 3 is 2.69 bits per heavy atom. The fourth-order valence-corrected chi connectivity index (χ4v) is 2.97. The Bertz CT molecular complexity index is 251. The topological polar surface area (TPSA) is 49.4 Å². The normalized spacial score (nSPS) is 25.2. The summed E-state index contributed by atoms with van der Waals surface area (Å²) >= 11 is 0. The quantitative estimate of drug-likeness (QED) is 0.705. The molecule has 0 aromatic rings. The molecule has 1 rings (SSSR count). The van der Waals surface area contributed by atoms with Crippen molar-refractivity contribution in [3.05, 3.63) is 0 Å². The molecule has 0 aromatic carbocycles. The van der Waals surface area contributed by atoms with E-state index in [0.29, 0.717) is 6.42 Å². The Labute approximate surface area is 80.4 Å². The van der Waals surface area contributed by atoms with Gasteiger partial charge in [-0.1, -0.05) is 6.92 Å². The maximum Gasteiger partial charge on any atom is 0.211 e. The Morgan fingerprint density at radius 1 is 1.54 bits per heavy atom. The maximum atomic E-state index is 11.4. The first-order valence-corrected chi connectivity index (χ1v) is 6.37. The SMILES string of the molecule is CCCS(=O)(=O)NC1CCN(C)C1. The van der Waals surface area contributed by atoms with Crippen LogP contribution in [0, 0.1) is 0 Å². The second kappa shape index (κ2) is 4.39. The summed E-state index contributed by atoms with van der Waals surface area (Å²) in [6, 6.07) is 0.126. The number of nitrogens with zero attached hydrogens (tertiary/aromatic N) is 1. The predicted octanol–water partition coefficient (Wildman–Crippen LogP) is 0.0199. The summed E-state index contributed by atoms with van der Waals surface area (Å²) in [4.78, 5) is 2.14. The van der Waals surface area contributed by atoms with Gasteiger partial charge in [-0.05, 0) is 26.4 Å². The molecule has 0 amide bonds. The summed E-state index contributed by atoms with van der Waals surface area (Å²) in [6.45, 7) is 3.70. The van der Waals surface area contributed by atoms with Crippen LogP contribution < -0.4 is 4.72 Å².